The van der Waals surface area contributed by atoms with Crippen LogP contribution in [-0.4, -0.2) is 16.6 Å². The number of nitrogens with one attached hydrogen (secondary N) is 1. The first kappa shape index (κ1) is 17.4. The molecule has 4 nitrogen and oxygen atoms in total. The SMILES string of the molecule is O=C(CSCc1ccccc1)Nc1ccc2oc(-c3ccccc3)nc2c1. The van der Waals surface area contributed by atoms with Crippen LogP contribution in [0.3, 0.4) is 0 Å². The molecule has 0 fully saturated rings. The smallest absolute Gasteiger partial charge is 0.234 e. The first-order valence-corrected chi connectivity index (χ1v) is 9.81. The highest BCUT2D eigenvalue weighted by atomic mass is 32.2. The molecule has 0 saturated carbocycles. The van der Waals surface area contributed by atoms with Gasteiger partial charge in [0.25, 0.3) is 0 Å². The fraction of sp³-hybridized carbons (Fsp3) is 0.0909. The van der Waals surface area contributed by atoms with E-state index < -0.39 is 0 Å². The van der Waals surface area contributed by atoms with Gasteiger partial charge in [0.05, 0.1) is 5.75 Å². The molecule has 0 aliphatic rings. The van der Waals surface area contributed by atoms with Crippen molar-refractivity contribution in [2.24, 2.45) is 0 Å². The molecule has 4 rings (SSSR count). The standard InChI is InChI=1S/C22H18N2O2S/c25-21(15-27-14-16-7-3-1-4-8-16)23-18-11-12-20-19(13-18)24-22(26-20)17-9-5-2-6-10-17/h1-13H,14-15H2,(H,23,25). The van der Waals surface area contributed by atoms with Crippen molar-refractivity contribution in [1.29, 1.82) is 0 Å². The van der Waals surface area contributed by atoms with E-state index in [-0.39, 0.29) is 5.91 Å². The third kappa shape index (κ3) is 4.38. The van der Waals surface area contributed by atoms with E-state index in [4.69, 9.17) is 4.42 Å². The number of rotatable bonds is 6. The van der Waals surface area contributed by atoms with Crippen molar-refractivity contribution < 1.29 is 9.21 Å². The van der Waals surface area contributed by atoms with Crippen LogP contribution in [0.4, 0.5) is 5.69 Å². The molecule has 0 aliphatic carbocycles. The van der Waals surface area contributed by atoms with E-state index in [1.54, 1.807) is 11.8 Å². The maximum Gasteiger partial charge on any atom is 0.234 e. The minimum absolute atomic E-state index is 0.0259. The number of oxazole rings is 1. The van der Waals surface area contributed by atoms with E-state index in [1.807, 2.05) is 66.7 Å². The van der Waals surface area contributed by atoms with Crippen LogP contribution in [-0.2, 0) is 10.5 Å². The monoisotopic (exact) mass is 374 g/mol. The van der Waals surface area contributed by atoms with Gasteiger partial charge < -0.3 is 9.73 Å². The van der Waals surface area contributed by atoms with Gasteiger partial charge in [-0.25, -0.2) is 4.98 Å². The molecule has 0 aliphatic heterocycles. The molecule has 1 N–H and O–H groups in total. The van der Waals surface area contributed by atoms with E-state index in [9.17, 15) is 4.79 Å². The van der Waals surface area contributed by atoms with Crippen LogP contribution < -0.4 is 5.32 Å². The summed E-state index contributed by atoms with van der Waals surface area (Å²) in [4.78, 5) is 16.7. The quantitative estimate of drug-likeness (QED) is 0.493. The van der Waals surface area contributed by atoms with Gasteiger partial charge >= 0.3 is 0 Å². The Morgan fingerprint density at radius 2 is 1.70 bits per heavy atom. The summed E-state index contributed by atoms with van der Waals surface area (Å²) in [7, 11) is 0. The summed E-state index contributed by atoms with van der Waals surface area (Å²) >= 11 is 1.59. The van der Waals surface area contributed by atoms with Crippen molar-refractivity contribution in [2.45, 2.75) is 5.75 Å². The zero-order chi connectivity index (χ0) is 18.5. The highest BCUT2D eigenvalue weighted by molar-refractivity contribution is 7.99. The second-order valence-electron chi connectivity index (χ2n) is 6.09. The van der Waals surface area contributed by atoms with E-state index in [2.05, 4.69) is 22.4 Å². The number of hydrogen-bond acceptors (Lipinski definition) is 4. The summed E-state index contributed by atoms with van der Waals surface area (Å²) in [5.41, 5.74) is 4.29. The van der Waals surface area contributed by atoms with Gasteiger partial charge in [0.1, 0.15) is 5.52 Å². The van der Waals surface area contributed by atoms with Crippen molar-refractivity contribution >= 4 is 34.5 Å². The fourth-order valence-corrected chi connectivity index (χ4v) is 3.53. The zero-order valence-corrected chi connectivity index (χ0v) is 15.4. The second-order valence-corrected chi connectivity index (χ2v) is 7.08. The Labute approximate surface area is 161 Å². The number of benzene rings is 3. The van der Waals surface area contributed by atoms with Gasteiger partial charge in [-0.05, 0) is 35.9 Å². The lowest BCUT2D eigenvalue weighted by atomic mass is 10.2. The molecule has 0 spiro atoms. The summed E-state index contributed by atoms with van der Waals surface area (Å²) in [6.07, 6.45) is 0. The summed E-state index contributed by atoms with van der Waals surface area (Å²) in [5.74, 6) is 1.77. The van der Waals surface area contributed by atoms with E-state index in [0.29, 0.717) is 17.2 Å². The minimum atomic E-state index is -0.0259. The molecule has 1 aromatic heterocycles. The lowest BCUT2D eigenvalue weighted by molar-refractivity contribution is -0.113. The summed E-state index contributed by atoms with van der Waals surface area (Å²) in [5, 5.41) is 2.93. The minimum Gasteiger partial charge on any atom is -0.436 e. The number of aromatic nitrogens is 1. The Hall–Kier alpha value is -3.05. The van der Waals surface area contributed by atoms with Gasteiger partial charge in [-0.3, -0.25) is 4.79 Å². The molecule has 4 aromatic rings. The predicted molar refractivity (Wildman–Crippen MR) is 111 cm³/mol. The highest BCUT2D eigenvalue weighted by Gasteiger charge is 2.10. The van der Waals surface area contributed by atoms with Crippen molar-refractivity contribution in [3.63, 3.8) is 0 Å². The first-order chi connectivity index (χ1) is 13.3. The van der Waals surface area contributed by atoms with Gasteiger partial charge in [0.15, 0.2) is 5.58 Å². The van der Waals surface area contributed by atoms with Crippen LogP contribution in [0.2, 0.25) is 0 Å². The fourth-order valence-electron chi connectivity index (χ4n) is 2.74. The number of thioether (sulfide) groups is 1. The Bertz CT molecular complexity index is 1050. The molecule has 0 saturated heterocycles. The third-order valence-corrected chi connectivity index (χ3v) is 5.04. The molecular formula is C22H18N2O2S. The summed E-state index contributed by atoms with van der Waals surface area (Å²) < 4.78 is 5.80. The average Bonchev–Trinajstić information content (AvgIpc) is 3.13. The average molecular weight is 374 g/mol. The van der Waals surface area contributed by atoms with Crippen LogP contribution in [0, 0.1) is 0 Å². The summed E-state index contributed by atoms with van der Waals surface area (Å²) in [6.45, 7) is 0. The van der Waals surface area contributed by atoms with E-state index in [1.165, 1.54) is 5.56 Å². The third-order valence-electron chi connectivity index (χ3n) is 4.04. The topological polar surface area (TPSA) is 55.1 Å². The van der Waals surface area contributed by atoms with Gasteiger partial charge in [0.2, 0.25) is 11.8 Å². The zero-order valence-electron chi connectivity index (χ0n) is 14.6. The van der Waals surface area contributed by atoms with E-state index in [0.717, 1.165) is 22.5 Å². The molecule has 134 valence electrons. The lowest BCUT2D eigenvalue weighted by Crippen LogP contribution is -2.14. The molecule has 1 amide bonds. The Kier molecular flexibility index (Phi) is 5.21. The number of carbonyl (C=O) groups is 1. The van der Waals surface area contributed by atoms with Crippen molar-refractivity contribution in [3.05, 3.63) is 84.4 Å². The Balaban J connectivity index is 1.39. The molecule has 0 radical (unpaired) electrons. The van der Waals surface area contributed by atoms with Crippen LogP contribution in [0.15, 0.2) is 83.3 Å². The Morgan fingerprint density at radius 1 is 0.963 bits per heavy atom. The van der Waals surface area contributed by atoms with E-state index >= 15 is 0 Å². The van der Waals surface area contributed by atoms with Crippen LogP contribution in [0.25, 0.3) is 22.6 Å². The maximum atomic E-state index is 12.2. The highest BCUT2D eigenvalue weighted by Crippen LogP contribution is 2.26. The number of anilines is 1. The Morgan fingerprint density at radius 3 is 2.48 bits per heavy atom. The molecule has 0 atom stereocenters. The molecule has 0 unspecified atom stereocenters. The van der Waals surface area contributed by atoms with Crippen LogP contribution in [0.5, 0.6) is 0 Å². The maximum absolute atomic E-state index is 12.2. The van der Waals surface area contributed by atoms with Gasteiger partial charge in [-0.2, -0.15) is 0 Å². The number of carbonyl (C=O) groups excluding carboxylic acids is 1. The second kappa shape index (κ2) is 8.10. The number of nitrogens with zero attached hydrogens (tertiary/aromatic N) is 1. The van der Waals surface area contributed by atoms with Gasteiger partial charge in [-0.1, -0.05) is 48.5 Å². The number of amides is 1. The predicted octanol–water partition coefficient (Wildman–Crippen LogP) is 5.37. The van der Waals surface area contributed by atoms with Gasteiger partial charge in [0, 0.05) is 17.0 Å². The van der Waals surface area contributed by atoms with Gasteiger partial charge in [-0.15, -0.1) is 11.8 Å². The molecule has 3 aromatic carbocycles. The largest absolute Gasteiger partial charge is 0.436 e. The molecular weight excluding hydrogens is 356 g/mol. The normalized spacial score (nSPS) is 10.8. The molecule has 27 heavy (non-hydrogen) atoms. The molecule has 5 heteroatoms. The first-order valence-electron chi connectivity index (χ1n) is 8.65. The van der Waals surface area contributed by atoms with Crippen LogP contribution in [0.1, 0.15) is 5.56 Å². The van der Waals surface area contributed by atoms with Crippen molar-refractivity contribution in [1.82, 2.24) is 4.98 Å². The lowest BCUT2D eigenvalue weighted by Gasteiger charge is -2.05. The van der Waals surface area contributed by atoms with Crippen LogP contribution >= 0.6 is 11.8 Å². The number of hydrogen-bond donors (Lipinski definition) is 1. The summed E-state index contributed by atoms with van der Waals surface area (Å²) in [6, 6.07) is 25.4. The molecule has 1 heterocycles. The van der Waals surface area contributed by atoms with Crippen molar-refractivity contribution in [2.75, 3.05) is 11.1 Å². The number of fused-ring (bicyclic) bond motifs is 1. The molecule has 0 bridgehead atoms. The van der Waals surface area contributed by atoms with Crippen molar-refractivity contribution in [3.8, 4) is 11.5 Å².